The molecular weight excluding hydrogens is 237 g/mol. The van der Waals surface area contributed by atoms with E-state index >= 15 is 0 Å². The van der Waals surface area contributed by atoms with Gasteiger partial charge in [-0.2, -0.15) is 0 Å². The van der Waals surface area contributed by atoms with Crippen molar-refractivity contribution in [1.82, 2.24) is 4.98 Å². The molecule has 0 atom stereocenters. The lowest BCUT2D eigenvalue weighted by Crippen LogP contribution is -2.11. The maximum Gasteiger partial charge on any atom is 0.362 e. The van der Waals surface area contributed by atoms with Crippen LogP contribution in [-0.4, -0.2) is 17.2 Å². The summed E-state index contributed by atoms with van der Waals surface area (Å²) in [6.45, 7) is 0. The molecule has 0 saturated carbocycles. The highest BCUT2D eigenvalue weighted by Crippen LogP contribution is 2.12. The van der Waals surface area contributed by atoms with Gasteiger partial charge in [0.2, 0.25) is 0 Å². The Morgan fingerprint density at radius 1 is 1.17 bits per heavy atom. The average molecular weight is 245 g/mol. The van der Waals surface area contributed by atoms with Gasteiger partial charge in [-0.3, -0.25) is 4.79 Å². The fraction of sp³-hybridized carbons (Fsp3) is 0. The van der Waals surface area contributed by atoms with Gasteiger partial charge < -0.3 is 4.74 Å². The Morgan fingerprint density at radius 3 is 2.56 bits per heavy atom. The highest BCUT2D eigenvalue weighted by atomic mass is 19.1. The Bertz CT molecular complexity index is 581. The zero-order valence-corrected chi connectivity index (χ0v) is 9.17. The van der Waals surface area contributed by atoms with E-state index < -0.39 is 11.8 Å². The summed E-state index contributed by atoms with van der Waals surface area (Å²) in [5, 5.41) is 0. The third-order valence-electron chi connectivity index (χ3n) is 2.12. The van der Waals surface area contributed by atoms with Crippen molar-refractivity contribution in [3.8, 4) is 5.75 Å². The minimum atomic E-state index is -0.703. The second kappa shape index (κ2) is 5.18. The van der Waals surface area contributed by atoms with Gasteiger partial charge >= 0.3 is 5.97 Å². The van der Waals surface area contributed by atoms with Crippen LogP contribution in [0.3, 0.4) is 0 Å². The average Bonchev–Trinajstić information content (AvgIpc) is 2.41. The van der Waals surface area contributed by atoms with Crippen LogP contribution in [-0.2, 0) is 0 Å². The van der Waals surface area contributed by atoms with E-state index in [1.165, 1.54) is 42.5 Å². The van der Waals surface area contributed by atoms with E-state index in [4.69, 9.17) is 4.74 Å². The number of ether oxygens (including phenoxy) is 1. The summed E-state index contributed by atoms with van der Waals surface area (Å²) in [4.78, 5) is 26.0. The normalized spacial score (nSPS) is 9.83. The van der Waals surface area contributed by atoms with Crippen molar-refractivity contribution in [3.63, 3.8) is 0 Å². The minimum Gasteiger partial charge on any atom is -0.422 e. The van der Waals surface area contributed by atoms with Crippen molar-refractivity contribution in [1.29, 1.82) is 0 Å². The fourth-order valence-electron chi connectivity index (χ4n) is 1.29. The highest BCUT2D eigenvalue weighted by molar-refractivity contribution is 5.89. The van der Waals surface area contributed by atoms with Crippen LogP contribution in [0, 0.1) is 5.82 Å². The quantitative estimate of drug-likeness (QED) is 0.473. The van der Waals surface area contributed by atoms with Crippen LogP contribution < -0.4 is 4.74 Å². The molecule has 0 bridgehead atoms. The van der Waals surface area contributed by atoms with Crippen LogP contribution in [0.4, 0.5) is 4.39 Å². The number of benzene rings is 1. The van der Waals surface area contributed by atoms with Gasteiger partial charge in [-0.1, -0.05) is 6.07 Å². The van der Waals surface area contributed by atoms with Gasteiger partial charge in [-0.25, -0.2) is 14.2 Å². The molecule has 0 fully saturated rings. The van der Waals surface area contributed by atoms with Crippen LogP contribution in [0.2, 0.25) is 0 Å². The molecule has 90 valence electrons. The summed E-state index contributed by atoms with van der Waals surface area (Å²) < 4.78 is 17.6. The largest absolute Gasteiger partial charge is 0.422 e. The number of esters is 1. The molecule has 0 saturated heterocycles. The van der Waals surface area contributed by atoms with Crippen molar-refractivity contribution in [2.24, 2.45) is 0 Å². The first-order valence-electron chi connectivity index (χ1n) is 5.09. The predicted molar refractivity (Wildman–Crippen MR) is 61.0 cm³/mol. The van der Waals surface area contributed by atoms with E-state index in [2.05, 4.69) is 4.98 Å². The Balaban J connectivity index is 2.16. The molecule has 1 heterocycles. The molecule has 2 rings (SSSR count). The van der Waals surface area contributed by atoms with Gasteiger partial charge in [0.05, 0.1) is 0 Å². The Kier molecular flexibility index (Phi) is 3.43. The van der Waals surface area contributed by atoms with Crippen molar-refractivity contribution >= 4 is 12.3 Å². The molecule has 0 unspecified atom stereocenters. The SMILES string of the molecule is O=Cc1cccc(C(=O)Oc2ccc(F)cc2)n1. The summed E-state index contributed by atoms with van der Waals surface area (Å²) in [5.41, 5.74) is 0.160. The summed E-state index contributed by atoms with van der Waals surface area (Å²) in [5.74, 6) is -0.916. The van der Waals surface area contributed by atoms with E-state index in [0.29, 0.717) is 6.29 Å². The summed E-state index contributed by atoms with van der Waals surface area (Å²) in [7, 11) is 0. The number of rotatable bonds is 3. The van der Waals surface area contributed by atoms with Gasteiger partial charge in [0.15, 0.2) is 6.29 Å². The first-order chi connectivity index (χ1) is 8.69. The first kappa shape index (κ1) is 11.9. The van der Waals surface area contributed by atoms with Crippen LogP contribution in [0.15, 0.2) is 42.5 Å². The molecule has 0 aliphatic carbocycles. The number of carbonyl (C=O) groups is 2. The molecule has 0 N–H and O–H groups in total. The van der Waals surface area contributed by atoms with Crippen LogP contribution in [0.1, 0.15) is 21.0 Å². The van der Waals surface area contributed by atoms with Crippen molar-refractivity contribution in [3.05, 3.63) is 59.7 Å². The Morgan fingerprint density at radius 2 is 1.89 bits per heavy atom. The minimum absolute atomic E-state index is 0.0175. The number of hydrogen-bond acceptors (Lipinski definition) is 4. The van der Waals surface area contributed by atoms with E-state index in [-0.39, 0.29) is 17.1 Å². The molecule has 18 heavy (non-hydrogen) atoms. The number of hydrogen-bond donors (Lipinski definition) is 0. The molecule has 5 heteroatoms. The third kappa shape index (κ3) is 2.76. The molecule has 0 spiro atoms. The zero-order valence-electron chi connectivity index (χ0n) is 9.17. The number of nitrogens with zero attached hydrogens (tertiary/aromatic N) is 1. The van der Waals surface area contributed by atoms with Crippen molar-refractivity contribution < 1.29 is 18.7 Å². The topological polar surface area (TPSA) is 56.3 Å². The summed E-state index contributed by atoms with van der Waals surface area (Å²) >= 11 is 0. The van der Waals surface area contributed by atoms with Gasteiger partial charge in [0, 0.05) is 0 Å². The number of pyridine rings is 1. The molecule has 4 nitrogen and oxygen atoms in total. The molecule has 2 aromatic rings. The van der Waals surface area contributed by atoms with Crippen LogP contribution in [0.5, 0.6) is 5.75 Å². The number of aromatic nitrogens is 1. The molecule has 0 amide bonds. The van der Waals surface area contributed by atoms with E-state index in [1.807, 2.05) is 0 Å². The van der Waals surface area contributed by atoms with Crippen LogP contribution >= 0.6 is 0 Å². The van der Waals surface area contributed by atoms with Crippen molar-refractivity contribution in [2.45, 2.75) is 0 Å². The Hall–Kier alpha value is -2.56. The molecular formula is C13H8FNO3. The standard InChI is InChI=1S/C13H8FNO3/c14-9-4-6-11(7-5-9)18-13(17)12-3-1-2-10(8-16)15-12/h1-8H. The maximum atomic E-state index is 12.7. The maximum absolute atomic E-state index is 12.7. The smallest absolute Gasteiger partial charge is 0.362 e. The van der Waals surface area contributed by atoms with E-state index in [9.17, 15) is 14.0 Å². The molecule has 1 aromatic heterocycles. The fourth-order valence-corrected chi connectivity index (χ4v) is 1.29. The second-order valence-electron chi connectivity index (χ2n) is 3.41. The predicted octanol–water partition coefficient (Wildman–Crippen LogP) is 2.25. The lowest BCUT2D eigenvalue weighted by Gasteiger charge is -2.03. The number of aldehydes is 1. The monoisotopic (exact) mass is 245 g/mol. The summed E-state index contributed by atoms with van der Waals surface area (Å²) in [6, 6.07) is 9.45. The van der Waals surface area contributed by atoms with Gasteiger partial charge in [0.25, 0.3) is 0 Å². The highest BCUT2D eigenvalue weighted by Gasteiger charge is 2.10. The van der Waals surface area contributed by atoms with Gasteiger partial charge in [-0.15, -0.1) is 0 Å². The van der Waals surface area contributed by atoms with E-state index in [0.717, 1.165) is 0 Å². The molecule has 0 aliphatic rings. The molecule has 0 aliphatic heterocycles. The number of halogens is 1. The van der Waals surface area contributed by atoms with Gasteiger partial charge in [-0.05, 0) is 36.4 Å². The molecule has 1 aromatic carbocycles. The van der Waals surface area contributed by atoms with E-state index in [1.54, 1.807) is 0 Å². The molecule has 0 radical (unpaired) electrons. The lowest BCUT2D eigenvalue weighted by atomic mass is 10.3. The second-order valence-corrected chi connectivity index (χ2v) is 3.41. The Labute approximate surface area is 102 Å². The number of carbonyl (C=O) groups excluding carboxylic acids is 2. The van der Waals surface area contributed by atoms with Crippen molar-refractivity contribution in [2.75, 3.05) is 0 Å². The summed E-state index contributed by atoms with van der Waals surface area (Å²) in [6.07, 6.45) is 0.536. The zero-order chi connectivity index (χ0) is 13.0. The van der Waals surface area contributed by atoms with Gasteiger partial charge in [0.1, 0.15) is 23.0 Å². The van der Waals surface area contributed by atoms with Crippen LogP contribution in [0.25, 0.3) is 0 Å². The third-order valence-corrected chi connectivity index (χ3v) is 2.12. The first-order valence-corrected chi connectivity index (χ1v) is 5.09. The lowest BCUT2D eigenvalue weighted by molar-refractivity contribution is 0.0728.